The zero-order valence-electron chi connectivity index (χ0n) is 22.6. The van der Waals surface area contributed by atoms with Gasteiger partial charge in [0.2, 0.25) is 5.91 Å². The second-order valence-corrected chi connectivity index (χ2v) is 10.6. The minimum Gasteiger partial charge on any atom is -0.351 e. The molecule has 2 amide bonds. The van der Waals surface area contributed by atoms with E-state index in [2.05, 4.69) is 39.8 Å². The van der Waals surface area contributed by atoms with Crippen LogP contribution in [0, 0.1) is 5.41 Å². The number of allylic oxidation sites excluding steroid dienone is 1. The van der Waals surface area contributed by atoms with Gasteiger partial charge in [0.05, 0.1) is 17.9 Å². The Hall–Kier alpha value is -3.71. The van der Waals surface area contributed by atoms with E-state index >= 15 is 0 Å². The summed E-state index contributed by atoms with van der Waals surface area (Å²) >= 11 is 6.08. The van der Waals surface area contributed by atoms with Gasteiger partial charge in [-0.2, -0.15) is 0 Å². The van der Waals surface area contributed by atoms with E-state index in [1.165, 1.54) is 0 Å². The number of nitrogens with one attached hydrogen (secondary N) is 2. The minimum atomic E-state index is -0.628. The molecular weight excluding hydrogens is 515 g/mol. The second-order valence-electron chi connectivity index (χ2n) is 10.1. The molecule has 0 aliphatic heterocycles. The van der Waals surface area contributed by atoms with Gasteiger partial charge in [0.1, 0.15) is 0 Å². The Morgan fingerprint density at radius 2 is 1.95 bits per heavy atom. The number of benzene rings is 1. The molecule has 204 valence electrons. The van der Waals surface area contributed by atoms with Crippen molar-refractivity contribution in [1.82, 2.24) is 20.2 Å². The summed E-state index contributed by atoms with van der Waals surface area (Å²) in [4.78, 5) is 30.0. The molecule has 0 bridgehead atoms. The van der Waals surface area contributed by atoms with Crippen molar-refractivity contribution in [3.8, 4) is 11.3 Å². The summed E-state index contributed by atoms with van der Waals surface area (Å²) < 4.78 is 15.4. The summed E-state index contributed by atoms with van der Waals surface area (Å²) in [6, 6.07) is 11.4. The van der Waals surface area contributed by atoms with Crippen LogP contribution < -0.4 is 10.6 Å². The van der Waals surface area contributed by atoms with E-state index in [0.717, 1.165) is 41.9 Å². The lowest BCUT2D eigenvalue weighted by atomic mass is 10.1. The van der Waals surface area contributed by atoms with E-state index in [1.54, 1.807) is 25.3 Å². The molecule has 39 heavy (non-hydrogen) atoms. The normalized spacial score (nSPS) is 14.1. The van der Waals surface area contributed by atoms with Crippen molar-refractivity contribution in [3.05, 3.63) is 88.0 Å². The van der Waals surface area contributed by atoms with Gasteiger partial charge in [-0.1, -0.05) is 37.2 Å². The molecule has 2 N–H and O–H groups in total. The maximum atomic E-state index is 13.3. The lowest BCUT2D eigenvalue weighted by Gasteiger charge is -2.13. The van der Waals surface area contributed by atoms with E-state index in [-0.39, 0.29) is 30.2 Å². The first-order chi connectivity index (χ1) is 18.7. The first-order valence-corrected chi connectivity index (χ1v) is 13.5. The van der Waals surface area contributed by atoms with Crippen molar-refractivity contribution in [3.63, 3.8) is 0 Å². The molecule has 3 aromatic rings. The summed E-state index contributed by atoms with van der Waals surface area (Å²) in [5.74, 6) is -0.384. The Labute approximate surface area is 234 Å². The van der Waals surface area contributed by atoms with Crippen molar-refractivity contribution >= 4 is 35.6 Å². The first kappa shape index (κ1) is 28.3. The van der Waals surface area contributed by atoms with Crippen LogP contribution in [0.15, 0.2) is 54.9 Å². The average molecular weight is 549 g/mol. The number of hydrogen-bond acceptors (Lipinski definition) is 3. The Morgan fingerprint density at radius 3 is 2.56 bits per heavy atom. The monoisotopic (exact) mass is 548 g/mol. The Balaban J connectivity index is 1.57. The molecule has 1 aliphatic rings. The highest BCUT2D eigenvalue weighted by Crippen LogP contribution is 2.45. The summed E-state index contributed by atoms with van der Waals surface area (Å²) in [5.41, 5.74) is 5.54. The molecule has 8 heteroatoms. The SMILES string of the molecule is C=Cc1c(/C=C(\C)NC(=O)c2cc(CNC(=O)C3(C)CC3)cnc2CCF)cc(-c2ccc(Cl)cc2)n1CC. The van der Waals surface area contributed by atoms with Gasteiger partial charge in [-0.15, -0.1) is 0 Å². The molecule has 1 fully saturated rings. The standard InChI is InChI=1S/C31H34ClFN4O2/c1-5-27-23(17-28(37(27)6-2)22-7-9-24(32)10-8-22)15-20(3)36-29(38)25-16-21(18-34-26(25)11-14-33)19-35-30(39)31(4)12-13-31/h5,7-10,15-18H,1,6,11-14,19H2,2-4H3,(H,35,39)(H,36,38)/b20-15+. The van der Waals surface area contributed by atoms with Crippen LogP contribution in [0.25, 0.3) is 23.4 Å². The van der Waals surface area contributed by atoms with Gasteiger partial charge < -0.3 is 15.2 Å². The highest BCUT2D eigenvalue weighted by molar-refractivity contribution is 6.30. The summed E-state index contributed by atoms with van der Waals surface area (Å²) in [7, 11) is 0. The van der Waals surface area contributed by atoms with Gasteiger partial charge in [0.15, 0.2) is 0 Å². The van der Waals surface area contributed by atoms with Gasteiger partial charge in [-0.05, 0) is 74.2 Å². The molecule has 0 saturated heterocycles. The lowest BCUT2D eigenvalue weighted by molar-refractivity contribution is -0.125. The summed E-state index contributed by atoms with van der Waals surface area (Å²) in [6.45, 7) is 10.2. The number of halogens is 2. The fourth-order valence-corrected chi connectivity index (χ4v) is 4.70. The predicted octanol–water partition coefficient (Wildman–Crippen LogP) is 6.59. The largest absolute Gasteiger partial charge is 0.351 e. The van der Waals surface area contributed by atoms with Gasteiger partial charge >= 0.3 is 0 Å². The van der Waals surface area contributed by atoms with Crippen LogP contribution in [0.1, 0.15) is 66.5 Å². The quantitative estimate of drug-likeness (QED) is 0.284. The number of nitrogens with zero attached hydrogens (tertiary/aromatic N) is 2. The highest BCUT2D eigenvalue weighted by atomic mass is 35.5. The fraction of sp³-hybridized carbons (Fsp3) is 0.323. The summed E-state index contributed by atoms with van der Waals surface area (Å²) in [5, 5.41) is 6.51. The van der Waals surface area contributed by atoms with Gasteiger partial charge in [-0.3, -0.25) is 19.0 Å². The topological polar surface area (TPSA) is 76.0 Å². The number of pyridine rings is 1. The van der Waals surface area contributed by atoms with Crippen molar-refractivity contribution < 1.29 is 14.0 Å². The van der Waals surface area contributed by atoms with E-state index in [4.69, 9.17) is 11.6 Å². The molecule has 0 spiro atoms. The molecule has 2 aromatic heterocycles. The molecule has 2 heterocycles. The predicted molar refractivity (Wildman–Crippen MR) is 155 cm³/mol. The smallest absolute Gasteiger partial charge is 0.257 e. The van der Waals surface area contributed by atoms with Crippen LogP contribution in [-0.4, -0.2) is 28.0 Å². The zero-order valence-corrected chi connectivity index (χ0v) is 23.4. The molecule has 1 aromatic carbocycles. The Bertz CT molecular complexity index is 1420. The number of aryl methyl sites for hydroxylation is 1. The van der Waals surface area contributed by atoms with E-state index in [9.17, 15) is 14.0 Å². The molecule has 0 unspecified atom stereocenters. The maximum absolute atomic E-state index is 13.3. The number of rotatable bonds is 11. The third kappa shape index (κ3) is 6.48. The first-order valence-electron chi connectivity index (χ1n) is 13.1. The molecule has 1 saturated carbocycles. The van der Waals surface area contributed by atoms with Crippen LogP contribution in [0.3, 0.4) is 0 Å². The lowest BCUT2D eigenvalue weighted by Crippen LogP contribution is -2.30. The Kier molecular flexibility index (Phi) is 8.70. The van der Waals surface area contributed by atoms with Crippen LogP contribution in [-0.2, 0) is 24.3 Å². The average Bonchev–Trinajstić information content (AvgIpc) is 3.58. The number of carbonyl (C=O) groups excluding carboxylic acids is 2. The molecule has 0 atom stereocenters. The maximum Gasteiger partial charge on any atom is 0.257 e. The number of carbonyl (C=O) groups is 2. The third-order valence-electron chi connectivity index (χ3n) is 7.11. The molecule has 0 radical (unpaired) electrons. The van der Waals surface area contributed by atoms with Crippen LogP contribution in [0.5, 0.6) is 0 Å². The van der Waals surface area contributed by atoms with Gasteiger partial charge in [0, 0.05) is 58.8 Å². The van der Waals surface area contributed by atoms with E-state index in [1.807, 2.05) is 37.3 Å². The van der Waals surface area contributed by atoms with Gasteiger partial charge in [-0.25, -0.2) is 0 Å². The zero-order chi connectivity index (χ0) is 28.2. The van der Waals surface area contributed by atoms with E-state index in [0.29, 0.717) is 27.5 Å². The highest BCUT2D eigenvalue weighted by Gasteiger charge is 2.44. The van der Waals surface area contributed by atoms with Crippen molar-refractivity contribution in [2.75, 3.05) is 6.67 Å². The minimum absolute atomic E-state index is 0.00452. The number of aromatic nitrogens is 2. The van der Waals surface area contributed by atoms with Crippen molar-refractivity contribution in [2.45, 2.75) is 53.1 Å². The molecular formula is C31H34ClFN4O2. The third-order valence-corrected chi connectivity index (χ3v) is 7.36. The van der Waals surface area contributed by atoms with Crippen LogP contribution in [0.4, 0.5) is 4.39 Å². The summed E-state index contributed by atoms with van der Waals surface area (Å²) in [6.07, 6.45) is 7.06. The number of amides is 2. The fourth-order valence-electron chi connectivity index (χ4n) is 4.57. The van der Waals surface area contributed by atoms with Crippen molar-refractivity contribution in [2.24, 2.45) is 5.41 Å². The van der Waals surface area contributed by atoms with Gasteiger partial charge in [0.25, 0.3) is 5.91 Å². The van der Waals surface area contributed by atoms with Crippen LogP contribution in [0.2, 0.25) is 5.02 Å². The number of hydrogen-bond donors (Lipinski definition) is 2. The number of alkyl halides is 1. The van der Waals surface area contributed by atoms with Crippen molar-refractivity contribution in [1.29, 1.82) is 0 Å². The molecule has 1 aliphatic carbocycles. The van der Waals surface area contributed by atoms with E-state index < -0.39 is 6.67 Å². The van der Waals surface area contributed by atoms with Crippen LogP contribution >= 0.6 is 11.6 Å². The molecule has 6 nitrogen and oxygen atoms in total. The second kappa shape index (κ2) is 12.0. The Morgan fingerprint density at radius 1 is 1.23 bits per heavy atom. The molecule has 4 rings (SSSR count).